The minimum atomic E-state index is -0.760. The molecule has 184 valence electrons. The summed E-state index contributed by atoms with van der Waals surface area (Å²) in [7, 11) is 0. The third kappa shape index (κ3) is 5.37. The molecule has 1 aliphatic carbocycles. The lowest BCUT2D eigenvalue weighted by Gasteiger charge is -2.28. The first-order valence-corrected chi connectivity index (χ1v) is 12.9. The lowest BCUT2D eigenvalue weighted by Crippen LogP contribution is -2.28. The van der Waals surface area contributed by atoms with E-state index < -0.39 is 11.9 Å². The van der Waals surface area contributed by atoms with Crippen LogP contribution in [-0.4, -0.2) is 27.8 Å². The Hall–Kier alpha value is -3.82. The van der Waals surface area contributed by atoms with Crippen molar-refractivity contribution in [3.05, 3.63) is 75.8 Å². The SMILES string of the molecule is CC(C)OC(=O)C1=C(CSc2nc3c(cc2C#N)CCCCC3)OC(N)=C(C#N)C1c1ccncc1. The highest BCUT2D eigenvalue weighted by molar-refractivity contribution is 7.99. The Balaban J connectivity index is 1.75. The van der Waals surface area contributed by atoms with Crippen LogP contribution in [0.3, 0.4) is 0 Å². The maximum Gasteiger partial charge on any atom is 0.338 e. The van der Waals surface area contributed by atoms with E-state index in [1.807, 2.05) is 6.07 Å². The zero-order valence-corrected chi connectivity index (χ0v) is 21.1. The second-order valence-corrected chi connectivity index (χ2v) is 9.87. The molecule has 8 nitrogen and oxygen atoms in total. The molecule has 2 N–H and O–H groups in total. The molecule has 0 aromatic carbocycles. The van der Waals surface area contributed by atoms with Crippen molar-refractivity contribution in [1.29, 1.82) is 10.5 Å². The number of fused-ring (bicyclic) bond motifs is 1. The number of allylic oxidation sites excluding steroid dienone is 1. The highest BCUT2D eigenvalue weighted by Gasteiger charge is 2.38. The number of rotatable bonds is 6. The molecule has 0 amide bonds. The number of esters is 1. The second-order valence-electron chi connectivity index (χ2n) is 8.90. The van der Waals surface area contributed by atoms with E-state index >= 15 is 0 Å². The summed E-state index contributed by atoms with van der Waals surface area (Å²) in [6.45, 7) is 3.51. The summed E-state index contributed by atoms with van der Waals surface area (Å²) in [5.41, 5.74) is 9.82. The third-order valence-electron chi connectivity index (χ3n) is 6.08. The molecule has 3 heterocycles. The van der Waals surface area contributed by atoms with E-state index in [9.17, 15) is 15.3 Å². The number of thioether (sulfide) groups is 1. The molecule has 36 heavy (non-hydrogen) atoms. The largest absolute Gasteiger partial charge is 0.459 e. The van der Waals surface area contributed by atoms with E-state index in [0.717, 1.165) is 43.4 Å². The molecule has 0 saturated carbocycles. The quantitative estimate of drug-likeness (QED) is 0.346. The molecule has 1 aliphatic heterocycles. The molecule has 0 radical (unpaired) electrons. The summed E-state index contributed by atoms with van der Waals surface area (Å²) < 4.78 is 11.4. The van der Waals surface area contributed by atoms with Crippen LogP contribution in [0.25, 0.3) is 0 Å². The van der Waals surface area contributed by atoms with Crippen molar-refractivity contribution in [1.82, 2.24) is 9.97 Å². The Morgan fingerprint density at radius 1 is 1.22 bits per heavy atom. The summed E-state index contributed by atoms with van der Waals surface area (Å²) in [4.78, 5) is 22.2. The number of carbonyl (C=O) groups excluding carboxylic acids is 1. The van der Waals surface area contributed by atoms with E-state index in [1.54, 1.807) is 38.4 Å². The molecular formula is C27H27N5O3S. The van der Waals surface area contributed by atoms with Crippen LogP contribution in [0.2, 0.25) is 0 Å². The Labute approximate surface area is 214 Å². The number of hydrogen-bond donors (Lipinski definition) is 1. The lowest BCUT2D eigenvalue weighted by atomic mass is 9.83. The van der Waals surface area contributed by atoms with Crippen LogP contribution >= 0.6 is 11.8 Å². The average molecular weight is 502 g/mol. The van der Waals surface area contributed by atoms with Crippen molar-refractivity contribution in [2.75, 3.05) is 5.75 Å². The zero-order chi connectivity index (χ0) is 25.7. The number of aromatic nitrogens is 2. The first kappa shape index (κ1) is 25.3. The highest BCUT2D eigenvalue weighted by Crippen LogP contribution is 2.41. The predicted molar refractivity (Wildman–Crippen MR) is 134 cm³/mol. The molecule has 0 spiro atoms. The van der Waals surface area contributed by atoms with E-state index in [4.69, 9.17) is 20.2 Å². The fraction of sp³-hybridized carbons (Fsp3) is 0.370. The molecule has 0 bridgehead atoms. The van der Waals surface area contributed by atoms with Crippen LogP contribution in [0.1, 0.15) is 61.4 Å². The summed E-state index contributed by atoms with van der Waals surface area (Å²) >= 11 is 1.31. The highest BCUT2D eigenvalue weighted by atomic mass is 32.2. The van der Waals surface area contributed by atoms with Gasteiger partial charge in [0.25, 0.3) is 0 Å². The van der Waals surface area contributed by atoms with Crippen LogP contribution in [0.4, 0.5) is 0 Å². The van der Waals surface area contributed by atoms with Crippen LogP contribution in [0.15, 0.2) is 58.4 Å². The van der Waals surface area contributed by atoms with E-state index in [2.05, 4.69) is 17.1 Å². The molecule has 2 aromatic rings. The minimum absolute atomic E-state index is 0.0635. The van der Waals surface area contributed by atoms with E-state index in [1.165, 1.54) is 11.8 Å². The summed E-state index contributed by atoms with van der Waals surface area (Å²) in [6, 6.07) is 9.75. The first-order valence-electron chi connectivity index (χ1n) is 11.9. The fourth-order valence-electron chi connectivity index (χ4n) is 4.43. The Kier molecular flexibility index (Phi) is 7.92. The number of hydrogen-bond acceptors (Lipinski definition) is 9. The Morgan fingerprint density at radius 2 is 1.97 bits per heavy atom. The van der Waals surface area contributed by atoms with Crippen LogP contribution < -0.4 is 5.73 Å². The topological polar surface area (TPSA) is 135 Å². The van der Waals surface area contributed by atoms with Gasteiger partial charge in [0.15, 0.2) is 0 Å². The van der Waals surface area contributed by atoms with Crippen LogP contribution in [0, 0.1) is 22.7 Å². The maximum absolute atomic E-state index is 13.3. The smallest absolute Gasteiger partial charge is 0.338 e. The van der Waals surface area contributed by atoms with Gasteiger partial charge in [0, 0.05) is 18.1 Å². The van der Waals surface area contributed by atoms with Crippen molar-refractivity contribution in [2.45, 2.75) is 63.0 Å². The average Bonchev–Trinajstić information content (AvgIpc) is 3.11. The molecule has 0 saturated heterocycles. The summed E-state index contributed by atoms with van der Waals surface area (Å²) in [6.07, 6.45) is 7.92. The van der Waals surface area contributed by atoms with Crippen molar-refractivity contribution in [3.8, 4) is 12.1 Å². The molecule has 1 atom stereocenters. The monoisotopic (exact) mass is 501 g/mol. The number of nitriles is 2. The van der Waals surface area contributed by atoms with E-state index in [-0.39, 0.29) is 34.6 Å². The van der Waals surface area contributed by atoms with Crippen molar-refractivity contribution in [3.63, 3.8) is 0 Å². The van der Waals surface area contributed by atoms with Gasteiger partial charge in [0.1, 0.15) is 28.5 Å². The van der Waals surface area contributed by atoms with Crippen molar-refractivity contribution >= 4 is 17.7 Å². The number of nitrogens with two attached hydrogens (primary N) is 1. The maximum atomic E-state index is 13.3. The minimum Gasteiger partial charge on any atom is -0.459 e. The van der Waals surface area contributed by atoms with Gasteiger partial charge in [0.2, 0.25) is 5.88 Å². The summed E-state index contributed by atoms with van der Waals surface area (Å²) in [5, 5.41) is 20.2. The zero-order valence-electron chi connectivity index (χ0n) is 20.3. The number of pyridine rings is 2. The Bertz CT molecular complexity index is 1310. The predicted octanol–water partition coefficient (Wildman–Crippen LogP) is 4.42. The van der Waals surface area contributed by atoms with Gasteiger partial charge >= 0.3 is 5.97 Å². The first-order chi connectivity index (χ1) is 17.4. The van der Waals surface area contributed by atoms with E-state index in [0.29, 0.717) is 16.2 Å². The van der Waals surface area contributed by atoms with Crippen molar-refractivity contribution in [2.24, 2.45) is 5.73 Å². The van der Waals surface area contributed by atoms with Gasteiger partial charge in [-0.25, -0.2) is 9.78 Å². The van der Waals surface area contributed by atoms with Gasteiger partial charge in [-0.15, -0.1) is 0 Å². The molecule has 0 fully saturated rings. The van der Waals surface area contributed by atoms with Gasteiger partial charge in [-0.2, -0.15) is 10.5 Å². The summed E-state index contributed by atoms with van der Waals surface area (Å²) in [5.74, 6) is -0.942. The Morgan fingerprint density at radius 3 is 2.67 bits per heavy atom. The molecular weight excluding hydrogens is 474 g/mol. The van der Waals surface area contributed by atoms with Gasteiger partial charge in [-0.3, -0.25) is 4.98 Å². The molecule has 1 unspecified atom stereocenters. The molecule has 2 aliphatic rings. The number of ether oxygens (including phenoxy) is 2. The number of carbonyl (C=O) groups is 1. The standard InChI is InChI=1S/C27H27N5O3S/c1-16(2)34-27(33)24-22(35-25(30)20(14-29)23(24)17-8-10-31-11-9-17)15-36-26-19(13-28)12-18-6-4-3-5-7-21(18)32-26/h8-12,16,23H,3-7,15,30H2,1-2H3. The van der Waals surface area contributed by atoms with Gasteiger partial charge in [-0.05, 0) is 68.9 Å². The number of aryl methyl sites for hydroxylation is 2. The normalized spacial score (nSPS) is 17.5. The lowest BCUT2D eigenvalue weighted by molar-refractivity contribution is -0.143. The fourth-order valence-corrected chi connectivity index (χ4v) is 5.35. The molecule has 4 rings (SSSR count). The van der Waals surface area contributed by atoms with Gasteiger partial charge in [-0.1, -0.05) is 18.2 Å². The third-order valence-corrected chi connectivity index (χ3v) is 7.07. The van der Waals surface area contributed by atoms with Crippen LogP contribution in [-0.2, 0) is 27.1 Å². The van der Waals surface area contributed by atoms with Gasteiger partial charge < -0.3 is 15.2 Å². The second kappa shape index (κ2) is 11.3. The number of nitrogens with zero attached hydrogens (tertiary/aromatic N) is 4. The van der Waals surface area contributed by atoms with Gasteiger partial charge in [0.05, 0.1) is 28.9 Å². The molecule has 2 aromatic heterocycles. The van der Waals surface area contributed by atoms with Crippen LogP contribution in [0.5, 0.6) is 0 Å². The molecule has 9 heteroatoms. The van der Waals surface area contributed by atoms with Crippen molar-refractivity contribution < 1.29 is 14.3 Å².